The molecule has 0 aromatic carbocycles. The second-order valence-electron chi connectivity index (χ2n) is 4.84. The van der Waals surface area contributed by atoms with Crippen molar-refractivity contribution in [2.75, 3.05) is 0 Å². The Balaban J connectivity index is 2.24. The Morgan fingerprint density at radius 2 is 2.21 bits per heavy atom. The number of hydrogen-bond donors (Lipinski definition) is 1. The lowest BCUT2D eigenvalue weighted by atomic mass is 9.82. The van der Waals surface area contributed by atoms with Crippen LogP contribution in [0.3, 0.4) is 0 Å². The quantitative estimate of drug-likeness (QED) is 0.647. The molecule has 0 aromatic rings. The van der Waals surface area contributed by atoms with E-state index in [-0.39, 0.29) is 11.5 Å². The molecule has 1 aliphatic heterocycles. The topological polar surface area (TPSA) is 49.8 Å². The summed E-state index contributed by atoms with van der Waals surface area (Å²) < 4.78 is 5.19. The van der Waals surface area contributed by atoms with Crippen LogP contribution in [-0.4, -0.2) is 22.8 Å². The predicted molar refractivity (Wildman–Crippen MR) is 51.9 cm³/mol. The van der Waals surface area contributed by atoms with Crippen molar-refractivity contribution in [3.8, 4) is 0 Å². The molecule has 2 rings (SSSR count). The third-order valence-corrected chi connectivity index (χ3v) is 2.73. The standard InChI is InChI=1S/C11H14O3/c1-10(2,3)7-4-5-11(9(12)13)8(6-7)14-11/h4-6,8H,1-3H3,(H,12,13). The molecule has 3 nitrogen and oxygen atoms in total. The van der Waals surface area contributed by atoms with Crippen molar-refractivity contribution in [1.29, 1.82) is 0 Å². The van der Waals surface area contributed by atoms with E-state index in [0.717, 1.165) is 5.57 Å². The van der Waals surface area contributed by atoms with Crippen molar-refractivity contribution in [3.05, 3.63) is 23.8 Å². The Kier molecular flexibility index (Phi) is 1.68. The van der Waals surface area contributed by atoms with Crippen LogP contribution in [0.1, 0.15) is 20.8 Å². The van der Waals surface area contributed by atoms with Crippen LogP contribution in [0.4, 0.5) is 0 Å². The first-order valence-corrected chi connectivity index (χ1v) is 4.69. The van der Waals surface area contributed by atoms with E-state index in [9.17, 15) is 4.79 Å². The smallest absolute Gasteiger partial charge is 0.343 e. The molecule has 1 N–H and O–H groups in total. The summed E-state index contributed by atoms with van der Waals surface area (Å²) in [5, 5.41) is 8.92. The van der Waals surface area contributed by atoms with Gasteiger partial charge in [0.05, 0.1) is 0 Å². The van der Waals surface area contributed by atoms with Crippen molar-refractivity contribution >= 4 is 5.97 Å². The fraction of sp³-hybridized carbons (Fsp3) is 0.545. The van der Waals surface area contributed by atoms with E-state index in [1.165, 1.54) is 0 Å². The number of carboxylic acids is 1. The molecule has 2 aliphatic rings. The summed E-state index contributed by atoms with van der Waals surface area (Å²) in [6, 6.07) is 0. The molecule has 0 saturated carbocycles. The maximum absolute atomic E-state index is 10.9. The van der Waals surface area contributed by atoms with E-state index in [4.69, 9.17) is 9.84 Å². The van der Waals surface area contributed by atoms with Gasteiger partial charge in [0.25, 0.3) is 0 Å². The van der Waals surface area contributed by atoms with Gasteiger partial charge in [-0.2, -0.15) is 0 Å². The van der Waals surface area contributed by atoms with Crippen LogP contribution in [0.15, 0.2) is 23.8 Å². The summed E-state index contributed by atoms with van der Waals surface area (Å²) >= 11 is 0. The van der Waals surface area contributed by atoms with E-state index < -0.39 is 11.6 Å². The second kappa shape index (κ2) is 2.48. The van der Waals surface area contributed by atoms with Gasteiger partial charge in [0, 0.05) is 0 Å². The SMILES string of the molecule is CC(C)(C)C1=CC2OC2(C(=O)O)C=C1. The number of allylic oxidation sites excluding steroid dienone is 2. The molecule has 0 bridgehead atoms. The maximum atomic E-state index is 10.9. The highest BCUT2D eigenvalue weighted by molar-refractivity contribution is 5.86. The Hall–Kier alpha value is -1.09. The first-order valence-electron chi connectivity index (χ1n) is 4.69. The lowest BCUT2D eigenvalue weighted by Crippen LogP contribution is -2.26. The Labute approximate surface area is 83.1 Å². The number of fused-ring (bicyclic) bond motifs is 1. The molecule has 0 amide bonds. The highest BCUT2D eigenvalue weighted by Gasteiger charge is 2.61. The van der Waals surface area contributed by atoms with Gasteiger partial charge in [0.1, 0.15) is 6.10 Å². The molecule has 1 heterocycles. The number of hydrogen-bond acceptors (Lipinski definition) is 2. The van der Waals surface area contributed by atoms with Crippen LogP contribution in [0.25, 0.3) is 0 Å². The molecule has 3 heteroatoms. The average Bonchev–Trinajstić information content (AvgIpc) is 2.75. The summed E-state index contributed by atoms with van der Waals surface area (Å²) in [7, 11) is 0. The molecule has 0 spiro atoms. The zero-order valence-corrected chi connectivity index (χ0v) is 8.57. The zero-order valence-electron chi connectivity index (χ0n) is 8.57. The Morgan fingerprint density at radius 1 is 1.57 bits per heavy atom. The Morgan fingerprint density at radius 3 is 2.64 bits per heavy atom. The molecule has 1 aliphatic carbocycles. The molecule has 2 atom stereocenters. The van der Waals surface area contributed by atoms with Crippen molar-refractivity contribution in [2.45, 2.75) is 32.5 Å². The van der Waals surface area contributed by atoms with Crippen LogP contribution in [0, 0.1) is 5.41 Å². The van der Waals surface area contributed by atoms with Crippen molar-refractivity contribution in [1.82, 2.24) is 0 Å². The number of epoxide rings is 1. The van der Waals surface area contributed by atoms with E-state index in [1.54, 1.807) is 6.08 Å². The van der Waals surface area contributed by atoms with Gasteiger partial charge >= 0.3 is 5.97 Å². The van der Waals surface area contributed by atoms with Gasteiger partial charge in [-0.05, 0) is 23.1 Å². The van der Waals surface area contributed by atoms with Crippen molar-refractivity contribution in [2.24, 2.45) is 5.41 Å². The lowest BCUT2D eigenvalue weighted by Gasteiger charge is -2.22. The van der Waals surface area contributed by atoms with Gasteiger partial charge in [0.15, 0.2) is 0 Å². The summed E-state index contributed by atoms with van der Waals surface area (Å²) in [5.74, 6) is -0.900. The molecule has 76 valence electrons. The van der Waals surface area contributed by atoms with Gasteiger partial charge in [-0.15, -0.1) is 0 Å². The minimum absolute atomic E-state index is 0.0487. The third kappa shape index (κ3) is 1.20. The average molecular weight is 194 g/mol. The molecule has 0 aromatic heterocycles. The second-order valence-corrected chi connectivity index (χ2v) is 4.84. The number of carbonyl (C=O) groups is 1. The highest BCUT2D eigenvalue weighted by atomic mass is 16.6. The summed E-state index contributed by atoms with van der Waals surface area (Å²) in [4.78, 5) is 10.9. The van der Waals surface area contributed by atoms with Crippen LogP contribution < -0.4 is 0 Å². The number of rotatable bonds is 1. The van der Waals surface area contributed by atoms with Gasteiger partial charge in [-0.25, -0.2) is 4.79 Å². The van der Waals surface area contributed by atoms with Crippen LogP contribution in [-0.2, 0) is 9.53 Å². The van der Waals surface area contributed by atoms with Gasteiger partial charge < -0.3 is 9.84 Å². The zero-order chi connectivity index (χ0) is 10.6. The van der Waals surface area contributed by atoms with Gasteiger partial charge in [-0.3, -0.25) is 0 Å². The lowest BCUT2D eigenvalue weighted by molar-refractivity contribution is -0.141. The van der Waals surface area contributed by atoms with Crippen LogP contribution in [0.5, 0.6) is 0 Å². The molecular weight excluding hydrogens is 180 g/mol. The summed E-state index contributed by atoms with van der Waals surface area (Å²) in [6.07, 6.45) is 5.16. The number of aliphatic carboxylic acids is 1. The van der Waals surface area contributed by atoms with Crippen LogP contribution in [0.2, 0.25) is 0 Å². The molecule has 2 unspecified atom stereocenters. The molecule has 1 fully saturated rings. The summed E-state index contributed by atoms with van der Waals surface area (Å²) in [5.41, 5.74) is 0.138. The van der Waals surface area contributed by atoms with Crippen LogP contribution >= 0.6 is 0 Å². The fourth-order valence-electron chi connectivity index (χ4n) is 1.64. The molecule has 14 heavy (non-hydrogen) atoms. The third-order valence-electron chi connectivity index (χ3n) is 2.73. The van der Waals surface area contributed by atoms with Gasteiger partial charge in [0.2, 0.25) is 5.60 Å². The molecule has 0 radical (unpaired) electrons. The number of carboxylic acid groups (broad SMARTS) is 1. The molecular formula is C11H14O3. The van der Waals surface area contributed by atoms with E-state index >= 15 is 0 Å². The first-order chi connectivity index (χ1) is 6.36. The van der Waals surface area contributed by atoms with Gasteiger partial charge in [-0.1, -0.05) is 26.8 Å². The van der Waals surface area contributed by atoms with E-state index in [1.807, 2.05) is 12.2 Å². The predicted octanol–water partition coefficient (Wildman–Crippen LogP) is 1.75. The van der Waals surface area contributed by atoms with E-state index in [2.05, 4.69) is 20.8 Å². The summed E-state index contributed by atoms with van der Waals surface area (Å²) in [6.45, 7) is 6.29. The minimum Gasteiger partial charge on any atom is -0.479 e. The number of ether oxygens (including phenoxy) is 1. The Bertz CT molecular complexity index is 346. The normalized spacial score (nSPS) is 34.8. The fourth-order valence-corrected chi connectivity index (χ4v) is 1.64. The monoisotopic (exact) mass is 194 g/mol. The van der Waals surface area contributed by atoms with Crippen molar-refractivity contribution < 1.29 is 14.6 Å². The minimum atomic E-state index is -1.05. The molecule has 1 saturated heterocycles. The van der Waals surface area contributed by atoms with Crippen molar-refractivity contribution in [3.63, 3.8) is 0 Å². The first kappa shape index (κ1) is 9.46. The highest BCUT2D eigenvalue weighted by Crippen LogP contribution is 2.45. The largest absolute Gasteiger partial charge is 0.479 e. The van der Waals surface area contributed by atoms with E-state index in [0.29, 0.717) is 0 Å². The maximum Gasteiger partial charge on any atom is 0.343 e.